The van der Waals surface area contributed by atoms with E-state index in [1.54, 1.807) is 24.0 Å². The molecule has 0 aliphatic heterocycles. The number of nitrogens with one attached hydrogen (secondary N) is 1. The number of carbonyl (C=O) groups is 2. The average Bonchev–Trinajstić information content (AvgIpc) is 2.85. The first-order valence-electron chi connectivity index (χ1n) is 6.49. The van der Waals surface area contributed by atoms with E-state index in [9.17, 15) is 9.59 Å². The van der Waals surface area contributed by atoms with Crippen molar-refractivity contribution in [3.63, 3.8) is 0 Å². The highest BCUT2D eigenvalue weighted by molar-refractivity contribution is 5.91. The van der Waals surface area contributed by atoms with Gasteiger partial charge in [-0.15, -0.1) is 0 Å². The molecule has 2 rings (SSSR count). The Hall–Kier alpha value is -1.85. The fourth-order valence-electron chi connectivity index (χ4n) is 2.55. The molecule has 6 heteroatoms. The van der Waals surface area contributed by atoms with Crippen LogP contribution in [0, 0.1) is 5.92 Å². The molecule has 6 nitrogen and oxygen atoms in total. The van der Waals surface area contributed by atoms with Gasteiger partial charge in [-0.25, -0.2) is 4.98 Å². The summed E-state index contributed by atoms with van der Waals surface area (Å²) in [7, 11) is 3.15. The largest absolute Gasteiger partial charge is 0.469 e. The van der Waals surface area contributed by atoms with Gasteiger partial charge in [0, 0.05) is 25.5 Å². The Balaban J connectivity index is 2.05. The van der Waals surface area contributed by atoms with Crippen molar-refractivity contribution in [3.05, 3.63) is 18.2 Å². The van der Waals surface area contributed by atoms with Gasteiger partial charge in [-0.2, -0.15) is 0 Å². The quantitative estimate of drug-likeness (QED) is 0.823. The molecule has 1 aliphatic rings. The van der Waals surface area contributed by atoms with Crippen molar-refractivity contribution >= 4 is 11.9 Å². The lowest BCUT2D eigenvalue weighted by molar-refractivity contribution is -0.147. The first kappa shape index (κ1) is 13.6. The molecule has 1 aromatic heterocycles. The molecule has 19 heavy (non-hydrogen) atoms. The zero-order chi connectivity index (χ0) is 13.8. The maximum atomic E-state index is 12.1. The number of hydrogen-bond acceptors (Lipinski definition) is 4. The summed E-state index contributed by atoms with van der Waals surface area (Å²) in [6.07, 6.45) is 6.86. The summed E-state index contributed by atoms with van der Waals surface area (Å²) in [4.78, 5) is 27.8. The molecular weight excluding hydrogens is 246 g/mol. The molecule has 1 fully saturated rings. The molecule has 0 aromatic carbocycles. The molecule has 0 spiro atoms. The number of ether oxygens (including phenoxy) is 1. The highest BCUT2D eigenvalue weighted by atomic mass is 16.5. The highest BCUT2D eigenvalue weighted by Crippen LogP contribution is 2.25. The van der Waals surface area contributed by atoms with Crippen molar-refractivity contribution in [2.24, 2.45) is 13.0 Å². The number of imidazole rings is 1. The number of hydrogen-bond donors (Lipinski definition) is 1. The minimum absolute atomic E-state index is 0.162. The van der Waals surface area contributed by atoms with Gasteiger partial charge in [0.05, 0.1) is 13.0 Å². The summed E-state index contributed by atoms with van der Waals surface area (Å²) in [5, 5.41) is 2.90. The van der Waals surface area contributed by atoms with Gasteiger partial charge >= 0.3 is 5.97 Å². The number of aryl methyl sites for hydroxylation is 1. The van der Waals surface area contributed by atoms with Crippen LogP contribution in [0.5, 0.6) is 0 Å². The van der Waals surface area contributed by atoms with E-state index in [0.29, 0.717) is 5.82 Å². The molecule has 1 aliphatic carbocycles. The van der Waals surface area contributed by atoms with Crippen LogP contribution >= 0.6 is 0 Å². The second kappa shape index (κ2) is 5.86. The van der Waals surface area contributed by atoms with Crippen molar-refractivity contribution in [2.75, 3.05) is 7.11 Å². The smallest absolute Gasteiger partial charge is 0.310 e. The minimum Gasteiger partial charge on any atom is -0.469 e. The van der Waals surface area contributed by atoms with E-state index < -0.39 is 0 Å². The third-order valence-corrected chi connectivity index (χ3v) is 3.61. The van der Waals surface area contributed by atoms with Crippen LogP contribution in [0.3, 0.4) is 0 Å². The van der Waals surface area contributed by atoms with E-state index in [-0.39, 0.29) is 23.8 Å². The van der Waals surface area contributed by atoms with E-state index in [2.05, 4.69) is 10.3 Å². The summed E-state index contributed by atoms with van der Waals surface area (Å²) in [5.41, 5.74) is 0. The molecule has 0 unspecified atom stereocenters. The zero-order valence-electron chi connectivity index (χ0n) is 11.3. The number of nitrogens with zero attached hydrogens (tertiary/aromatic N) is 2. The lowest BCUT2D eigenvalue weighted by atomic mass is 9.84. The molecule has 0 saturated heterocycles. The fraction of sp³-hybridized carbons (Fsp3) is 0.615. The number of amides is 1. The van der Waals surface area contributed by atoms with Crippen molar-refractivity contribution < 1.29 is 14.3 Å². The van der Waals surface area contributed by atoms with Crippen LogP contribution in [-0.4, -0.2) is 34.6 Å². The number of rotatable bonds is 3. The molecule has 1 N–H and O–H groups in total. The van der Waals surface area contributed by atoms with Crippen LogP contribution in [0.2, 0.25) is 0 Å². The van der Waals surface area contributed by atoms with Crippen LogP contribution in [0.4, 0.5) is 0 Å². The summed E-state index contributed by atoms with van der Waals surface area (Å²) in [5.74, 6) is -0.379. The highest BCUT2D eigenvalue weighted by Gasteiger charge is 2.33. The van der Waals surface area contributed by atoms with E-state index in [4.69, 9.17) is 4.74 Å². The third kappa shape index (κ3) is 2.94. The van der Waals surface area contributed by atoms with Crippen LogP contribution in [-0.2, 0) is 16.6 Å². The average molecular weight is 265 g/mol. The van der Waals surface area contributed by atoms with Crippen LogP contribution in [0.1, 0.15) is 36.3 Å². The number of aromatic nitrogens is 2. The Bertz CT molecular complexity index is 469. The van der Waals surface area contributed by atoms with Gasteiger partial charge in [0.1, 0.15) is 0 Å². The Morgan fingerprint density at radius 2 is 2.16 bits per heavy atom. The first-order chi connectivity index (χ1) is 9.13. The maximum Gasteiger partial charge on any atom is 0.310 e. The van der Waals surface area contributed by atoms with E-state index in [1.165, 1.54) is 7.11 Å². The lowest BCUT2D eigenvalue weighted by Gasteiger charge is -2.30. The topological polar surface area (TPSA) is 73.2 Å². The molecule has 1 amide bonds. The standard InChI is InChI=1S/C13H19N3O3/c1-16-8-7-14-11(16)12(17)15-10-6-4-3-5-9(10)13(18)19-2/h7-10H,3-6H2,1-2H3,(H,15,17)/t9-,10+/m0/s1. The maximum absolute atomic E-state index is 12.1. The number of carbonyl (C=O) groups excluding carboxylic acids is 2. The van der Waals surface area contributed by atoms with E-state index >= 15 is 0 Å². The van der Waals surface area contributed by atoms with Gasteiger partial charge in [-0.3, -0.25) is 9.59 Å². The molecule has 0 bridgehead atoms. The Morgan fingerprint density at radius 3 is 2.79 bits per heavy atom. The molecule has 0 radical (unpaired) electrons. The number of esters is 1. The third-order valence-electron chi connectivity index (χ3n) is 3.61. The molecule has 1 aromatic rings. The number of methoxy groups -OCH3 is 1. The summed E-state index contributed by atoms with van der Waals surface area (Å²) < 4.78 is 6.46. The SMILES string of the molecule is COC(=O)[C@H]1CCCC[C@H]1NC(=O)c1nccn1C. The van der Waals surface area contributed by atoms with Crippen LogP contribution in [0.25, 0.3) is 0 Å². The first-order valence-corrected chi connectivity index (χ1v) is 6.49. The van der Waals surface area contributed by atoms with E-state index in [1.807, 2.05) is 0 Å². The Morgan fingerprint density at radius 1 is 1.42 bits per heavy atom. The zero-order valence-corrected chi connectivity index (χ0v) is 11.3. The van der Waals surface area contributed by atoms with Crippen molar-refractivity contribution in [3.8, 4) is 0 Å². The predicted molar refractivity (Wildman–Crippen MR) is 68.4 cm³/mol. The van der Waals surface area contributed by atoms with Crippen molar-refractivity contribution in [1.29, 1.82) is 0 Å². The second-order valence-electron chi connectivity index (χ2n) is 4.86. The monoisotopic (exact) mass is 265 g/mol. The lowest BCUT2D eigenvalue weighted by Crippen LogP contribution is -2.46. The van der Waals surface area contributed by atoms with Gasteiger partial charge in [0.15, 0.2) is 5.82 Å². The molecular formula is C13H19N3O3. The van der Waals surface area contributed by atoms with E-state index in [0.717, 1.165) is 25.7 Å². The Labute approximate surface area is 112 Å². The normalized spacial score (nSPS) is 22.8. The van der Waals surface area contributed by atoms with Gasteiger partial charge < -0.3 is 14.6 Å². The predicted octanol–water partition coefficient (Wildman–Crippen LogP) is 0.882. The van der Waals surface area contributed by atoms with Crippen LogP contribution in [0.15, 0.2) is 12.4 Å². The van der Waals surface area contributed by atoms with Crippen LogP contribution < -0.4 is 5.32 Å². The van der Waals surface area contributed by atoms with Gasteiger partial charge in [-0.05, 0) is 12.8 Å². The van der Waals surface area contributed by atoms with Crippen molar-refractivity contribution in [1.82, 2.24) is 14.9 Å². The van der Waals surface area contributed by atoms with Crippen molar-refractivity contribution in [2.45, 2.75) is 31.7 Å². The molecule has 1 heterocycles. The van der Waals surface area contributed by atoms with Gasteiger partial charge in [-0.1, -0.05) is 12.8 Å². The minimum atomic E-state index is -0.247. The summed E-state index contributed by atoms with van der Waals surface area (Å²) in [6, 6.07) is -0.162. The summed E-state index contributed by atoms with van der Waals surface area (Å²) >= 11 is 0. The molecule has 104 valence electrons. The fourth-order valence-corrected chi connectivity index (χ4v) is 2.55. The summed E-state index contributed by atoms with van der Waals surface area (Å²) in [6.45, 7) is 0. The molecule has 1 saturated carbocycles. The Kier molecular flexibility index (Phi) is 4.19. The van der Waals surface area contributed by atoms with Gasteiger partial charge in [0.25, 0.3) is 5.91 Å². The van der Waals surface area contributed by atoms with Gasteiger partial charge in [0.2, 0.25) is 0 Å². The molecule has 2 atom stereocenters. The second-order valence-corrected chi connectivity index (χ2v) is 4.86.